The van der Waals surface area contributed by atoms with Crippen molar-refractivity contribution in [3.8, 4) is 22.6 Å². The minimum absolute atomic E-state index is 0.142. The largest absolute Gasteiger partial charge is 0.496 e. The molecule has 4 rings (SSSR count). The zero-order valence-electron chi connectivity index (χ0n) is 22.7. The number of carbonyl (C=O) groups is 2. The van der Waals surface area contributed by atoms with E-state index >= 15 is 0 Å². The maximum Gasteiger partial charge on any atom is 0.406 e. The van der Waals surface area contributed by atoms with E-state index in [1.807, 2.05) is 61.5 Å². The topological polar surface area (TPSA) is 126 Å². The molecule has 1 aliphatic rings. The van der Waals surface area contributed by atoms with E-state index in [1.54, 1.807) is 0 Å². The molecule has 212 valence electrons. The second-order valence-corrected chi connectivity index (χ2v) is 10.5. The molecule has 10 heteroatoms. The number of nitrogens with one attached hydrogen (secondary N) is 2. The SMILES string of the molecule is COc1cc(N)c(Cl)cc1C(=O)NCC1CCN(C(C)(COc2ccc(-c3ccccc3)cc2)NC(=O)O)CC1. The molecule has 2 amide bonds. The molecule has 0 radical (unpaired) electrons. The summed E-state index contributed by atoms with van der Waals surface area (Å²) in [6.45, 7) is 3.74. The smallest absolute Gasteiger partial charge is 0.406 e. The van der Waals surface area contributed by atoms with E-state index < -0.39 is 11.8 Å². The van der Waals surface area contributed by atoms with Gasteiger partial charge < -0.3 is 30.9 Å². The number of methoxy groups -OCH3 is 1. The molecule has 3 aromatic carbocycles. The Balaban J connectivity index is 1.32. The molecule has 1 unspecified atom stereocenters. The van der Waals surface area contributed by atoms with E-state index in [-0.39, 0.29) is 18.4 Å². The summed E-state index contributed by atoms with van der Waals surface area (Å²) in [5.41, 5.74) is 7.75. The Hall–Kier alpha value is -3.95. The van der Waals surface area contributed by atoms with Gasteiger partial charge in [0.2, 0.25) is 0 Å². The summed E-state index contributed by atoms with van der Waals surface area (Å²) in [5.74, 6) is 0.967. The van der Waals surface area contributed by atoms with Gasteiger partial charge in [0.05, 0.1) is 23.4 Å². The monoisotopic (exact) mass is 566 g/mol. The zero-order chi connectivity index (χ0) is 28.7. The van der Waals surface area contributed by atoms with Crippen molar-refractivity contribution in [3.05, 3.63) is 77.3 Å². The van der Waals surface area contributed by atoms with Gasteiger partial charge in [-0.1, -0.05) is 54.1 Å². The van der Waals surface area contributed by atoms with Crippen molar-refractivity contribution in [1.29, 1.82) is 0 Å². The van der Waals surface area contributed by atoms with Crippen molar-refractivity contribution in [2.75, 3.05) is 39.1 Å². The third kappa shape index (κ3) is 7.16. The van der Waals surface area contributed by atoms with Gasteiger partial charge in [0, 0.05) is 25.7 Å². The Morgan fingerprint density at radius 3 is 2.35 bits per heavy atom. The third-order valence-electron chi connectivity index (χ3n) is 7.28. The molecule has 1 atom stereocenters. The van der Waals surface area contributed by atoms with Crippen molar-refractivity contribution >= 4 is 29.3 Å². The number of piperidine rings is 1. The lowest BCUT2D eigenvalue weighted by atomic mass is 9.94. The van der Waals surface area contributed by atoms with Crippen molar-refractivity contribution in [1.82, 2.24) is 15.5 Å². The predicted molar refractivity (Wildman–Crippen MR) is 156 cm³/mol. The molecule has 0 saturated carbocycles. The van der Waals surface area contributed by atoms with Crippen LogP contribution in [0.5, 0.6) is 11.5 Å². The first-order valence-electron chi connectivity index (χ1n) is 13.1. The number of halogens is 1. The van der Waals surface area contributed by atoms with Crippen LogP contribution in [-0.2, 0) is 0 Å². The van der Waals surface area contributed by atoms with Gasteiger partial charge in [-0.3, -0.25) is 9.69 Å². The van der Waals surface area contributed by atoms with Crippen molar-refractivity contribution in [3.63, 3.8) is 0 Å². The molecular weight excluding hydrogens is 532 g/mol. The summed E-state index contributed by atoms with van der Waals surface area (Å²) in [4.78, 5) is 26.6. The molecule has 1 aliphatic heterocycles. The average molecular weight is 567 g/mol. The van der Waals surface area contributed by atoms with Crippen LogP contribution in [0.1, 0.15) is 30.1 Å². The average Bonchev–Trinajstić information content (AvgIpc) is 2.96. The fraction of sp³-hybridized carbons (Fsp3) is 0.333. The molecule has 0 bridgehead atoms. The van der Waals surface area contributed by atoms with Crippen molar-refractivity contribution < 1.29 is 24.2 Å². The maximum atomic E-state index is 12.8. The Morgan fingerprint density at radius 1 is 1.07 bits per heavy atom. The number of carboxylic acid groups (broad SMARTS) is 1. The fourth-order valence-corrected chi connectivity index (χ4v) is 5.08. The molecule has 1 heterocycles. The second kappa shape index (κ2) is 12.9. The first kappa shape index (κ1) is 29.0. The molecule has 5 N–H and O–H groups in total. The number of anilines is 1. The van der Waals surface area contributed by atoms with Gasteiger partial charge in [0.25, 0.3) is 5.91 Å². The lowest BCUT2D eigenvalue weighted by molar-refractivity contribution is 0.00448. The zero-order valence-corrected chi connectivity index (χ0v) is 23.4. The highest BCUT2D eigenvalue weighted by atomic mass is 35.5. The molecule has 0 aliphatic carbocycles. The first-order chi connectivity index (χ1) is 19.2. The van der Waals surface area contributed by atoms with E-state index in [2.05, 4.69) is 15.5 Å². The van der Waals surface area contributed by atoms with E-state index in [0.29, 0.717) is 47.4 Å². The quantitative estimate of drug-likeness (QED) is 0.251. The summed E-state index contributed by atoms with van der Waals surface area (Å²) in [6, 6.07) is 20.8. The van der Waals surface area contributed by atoms with E-state index in [0.717, 1.165) is 24.0 Å². The highest BCUT2D eigenvalue weighted by molar-refractivity contribution is 6.33. The van der Waals surface area contributed by atoms with Crippen molar-refractivity contribution in [2.24, 2.45) is 5.92 Å². The van der Waals surface area contributed by atoms with Crippen LogP contribution in [0.4, 0.5) is 10.5 Å². The summed E-state index contributed by atoms with van der Waals surface area (Å²) in [7, 11) is 1.47. The predicted octanol–water partition coefficient (Wildman–Crippen LogP) is 5.10. The van der Waals surface area contributed by atoms with E-state index in [1.165, 1.54) is 19.2 Å². The molecule has 9 nitrogen and oxygen atoms in total. The number of hydrogen-bond donors (Lipinski definition) is 4. The Morgan fingerprint density at radius 2 is 1.73 bits per heavy atom. The molecule has 0 spiro atoms. The maximum absolute atomic E-state index is 12.8. The molecular formula is C30H35ClN4O5. The van der Waals surface area contributed by atoms with Crippen LogP contribution in [0, 0.1) is 5.92 Å². The van der Waals surface area contributed by atoms with E-state index in [9.17, 15) is 14.7 Å². The van der Waals surface area contributed by atoms with Gasteiger partial charge in [0.15, 0.2) is 0 Å². The number of rotatable bonds is 10. The number of nitrogens with zero attached hydrogens (tertiary/aromatic N) is 1. The number of nitrogen functional groups attached to an aromatic ring is 1. The van der Waals surface area contributed by atoms with Crippen LogP contribution in [-0.4, -0.2) is 61.0 Å². The van der Waals surface area contributed by atoms with Gasteiger partial charge in [-0.2, -0.15) is 0 Å². The minimum atomic E-state index is -1.11. The van der Waals surface area contributed by atoms with Crippen LogP contribution in [0.15, 0.2) is 66.7 Å². The van der Waals surface area contributed by atoms with Crippen LogP contribution < -0.4 is 25.8 Å². The lowest BCUT2D eigenvalue weighted by Crippen LogP contribution is -2.63. The van der Waals surface area contributed by atoms with Crippen LogP contribution in [0.2, 0.25) is 5.02 Å². The Bertz CT molecular complexity index is 1310. The minimum Gasteiger partial charge on any atom is -0.496 e. The molecule has 40 heavy (non-hydrogen) atoms. The van der Waals surface area contributed by atoms with Crippen molar-refractivity contribution in [2.45, 2.75) is 25.4 Å². The summed E-state index contributed by atoms with van der Waals surface area (Å²) in [5, 5.41) is 15.5. The first-order valence-corrected chi connectivity index (χ1v) is 13.5. The Kier molecular flexibility index (Phi) is 9.39. The second-order valence-electron chi connectivity index (χ2n) is 10.1. The van der Waals surface area contributed by atoms with Gasteiger partial charge in [-0.15, -0.1) is 0 Å². The number of carbonyl (C=O) groups excluding carboxylic acids is 1. The number of hydrogen-bond acceptors (Lipinski definition) is 6. The summed E-state index contributed by atoms with van der Waals surface area (Å²) < 4.78 is 11.3. The summed E-state index contributed by atoms with van der Waals surface area (Å²) in [6.07, 6.45) is 0.446. The van der Waals surface area contributed by atoms with Crippen LogP contribution in [0.3, 0.4) is 0 Å². The molecule has 3 aromatic rings. The molecule has 1 saturated heterocycles. The van der Waals surface area contributed by atoms with Gasteiger partial charge >= 0.3 is 6.09 Å². The lowest BCUT2D eigenvalue weighted by Gasteiger charge is -2.44. The number of nitrogens with two attached hydrogens (primary N) is 1. The van der Waals surface area contributed by atoms with Crippen LogP contribution >= 0.6 is 11.6 Å². The molecule has 1 fully saturated rings. The number of likely N-dealkylation sites (tertiary alicyclic amines) is 1. The summed E-state index contributed by atoms with van der Waals surface area (Å²) >= 11 is 6.10. The van der Waals surface area contributed by atoms with Gasteiger partial charge in [-0.05, 0) is 55.0 Å². The van der Waals surface area contributed by atoms with Gasteiger partial charge in [-0.25, -0.2) is 4.79 Å². The van der Waals surface area contributed by atoms with E-state index in [4.69, 9.17) is 26.8 Å². The normalized spacial score (nSPS) is 15.6. The number of ether oxygens (including phenoxy) is 2. The highest BCUT2D eigenvalue weighted by Crippen LogP contribution is 2.29. The standard InChI is InChI=1S/C30H35ClN4O5/c1-30(34-29(37)38,19-40-23-10-8-22(9-11-23)21-6-4-3-5-7-21)35-14-12-20(13-15-35)18-33-28(36)24-16-25(31)26(32)17-27(24)39-2/h3-11,16-17,20,34H,12-15,18-19,32H2,1-2H3,(H,33,36)(H,37,38). The highest BCUT2D eigenvalue weighted by Gasteiger charge is 2.37. The third-order valence-corrected chi connectivity index (χ3v) is 7.61. The number of amides is 2. The van der Waals surface area contributed by atoms with Gasteiger partial charge in [0.1, 0.15) is 23.8 Å². The fourth-order valence-electron chi connectivity index (χ4n) is 4.91. The Labute approximate surface area is 239 Å². The van der Waals surface area contributed by atoms with Crippen LogP contribution in [0.25, 0.3) is 11.1 Å². The molecule has 0 aromatic heterocycles. The number of benzene rings is 3.